The molecule has 1 heterocycles. The lowest BCUT2D eigenvalue weighted by Gasteiger charge is -2.19. The van der Waals surface area contributed by atoms with E-state index in [0.717, 1.165) is 11.3 Å². The predicted molar refractivity (Wildman–Crippen MR) is 84.0 cm³/mol. The molecule has 0 atom stereocenters. The second-order valence-corrected chi connectivity index (χ2v) is 5.87. The molecular weight excluding hydrogens is 324 g/mol. The number of amides is 1. The van der Waals surface area contributed by atoms with Crippen molar-refractivity contribution in [1.29, 1.82) is 5.26 Å². The number of nitrogens with zero attached hydrogens (tertiary/aromatic N) is 2. The van der Waals surface area contributed by atoms with Gasteiger partial charge in [0.2, 0.25) is 0 Å². The number of carbonyl (C=O) groups excluding carboxylic acids is 2. The highest BCUT2D eigenvalue weighted by Crippen LogP contribution is 2.22. The van der Waals surface area contributed by atoms with Crippen molar-refractivity contribution in [2.24, 2.45) is 0 Å². The standard InChI is InChI=1S/C15H11ClN2O3S/c16-13-7-6-12(22-13)15(20)21-10-14(19)18(9-8-17)11-4-2-1-3-5-11/h1-7H,9-10H2. The average molecular weight is 335 g/mol. The van der Waals surface area contributed by atoms with Crippen molar-refractivity contribution < 1.29 is 14.3 Å². The minimum Gasteiger partial charge on any atom is -0.451 e. The van der Waals surface area contributed by atoms with Crippen LogP contribution in [0.1, 0.15) is 9.67 Å². The van der Waals surface area contributed by atoms with E-state index in [2.05, 4.69) is 0 Å². The number of nitriles is 1. The maximum atomic E-state index is 12.1. The molecule has 0 aliphatic rings. The van der Waals surface area contributed by atoms with Gasteiger partial charge in [0, 0.05) is 5.69 Å². The lowest BCUT2D eigenvalue weighted by Crippen LogP contribution is -2.35. The third-order valence-corrected chi connectivity index (χ3v) is 3.91. The molecule has 0 bridgehead atoms. The molecule has 0 spiro atoms. The number of halogens is 1. The van der Waals surface area contributed by atoms with E-state index in [9.17, 15) is 9.59 Å². The summed E-state index contributed by atoms with van der Waals surface area (Å²) in [5.41, 5.74) is 0.573. The molecule has 0 fully saturated rings. The quantitative estimate of drug-likeness (QED) is 0.622. The molecule has 2 rings (SSSR count). The summed E-state index contributed by atoms with van der Waals surface area (Å²) in [6, 6.07) is 13.8. The number of benzene rings is 1. The van der Waals surface area contributed by atoms with Gasteiger partial charge in [-0.1, -0.05) is 29.8 Å². The molecule has 0 saturated heterocycles. The Kier molecular flexibility index (Phi) is 5.53. The molecular formula is C15H11ClN2O3S. The van der Waals surface area contributed by atoms with E-state index in [0.29, 0.717) is 14.9 Å². The Hall–Kier alpha value is -2.36. The highest BCUT2D eigenvalue weighted by atomic mass is 35.5. The largest absolute Gasteiger partial charge is 0.451 e. The van der Waals surface area contributed by atoms with E-state index < -0.39 is 18.5 Å². The molecule has 0 aliphatic heterocycles. The molecule has 0 N–H and O–H groups in total. The first-order valence-electron chi connectivity index (χ1n) is 6.26. The van der Waals surface area contributed by atoms with Crippen molar-refractivity contribution in [3.8, 4) is 6.07 Å². The van der Waals surface area contributed by atoms with Crippen LogP contribution in [-0.2, 0) is 9.53 Å². The smallest absolute Gasteiger partial charge is 0.348 e. The minimum absolute atomic E-state index is 0.120. The van der Waals surface area contributed by atoms with Gasteiger partial charge in [-0.15, -0.1) is 11.3 Å². The molecule has 1 amide bonds. The number of rotatable bonds is 5. The monoisotopic (exact) mass is 334 g/mol. The molecule has 0 unspecified atom stereocenters. The molecule has 112 valence electrons. The summed E-state index contributed by atoms with van der Waals surface area (Å²) in [5.74, 6) is -1.08. The highest BCUT2D eigenvalue weighted by Gasteiger charge is 2.18. The summed E-state index contributed by atoms with van der Waals surface area (Å²) in [7, 11) is 0. The zero-order chi connectivity index (χ0) is 15.9. The first-order valence-corrected chi connectivity index (χ1v) is 7.46. The normalized spacial score (nSPS) is 9.82. The Bertz CT molecular complexity index is 709. The van der Waals surface area contributed by atoms with Crippen LogP contribution < -0.4 is 4.90 Å². The van der Waals surface area contributed by atoms with Crippen LogP contribution in [0.25, 0.3) is 0 Å². The number of para-hydroxylation sites is 1. The molecule has 1 aromatic heterocycles. The zero-order valence-corrected chi connectivity index (χ0v) is 12.9. The van der Waals surface area contributed by atoms with Crippen LogP contribution in [0.3, 0.4) is 0 Å². The van der Waals surface area contributed by atoms with Crippen LogP contribution in [0.15, 0.2) is 42.5 Å². The number of esters is 1. The van der Waals surface area contributed by atoms with Crippen molar-refractivity contribution in [1.82, 2.24) is 0 Å². The van der Waals surface area contributed by atoms with Gasteiger partial charge in [-0.3, -0.25) is 9.69 Å². The van der Waals surface area contributed by atoms with Crippen molar-refractivity contribution in [3.05, 3.63) is 51.7 Å². The number of hydrogen-bond acceptors (Lipinski definition) is 5. The number of carbonyl (C=O) groups is 2. The lowest BCUT2D eigenvalue weighted by atomic mass is 10.3. The number of anilines is 1. The van der Waals surface area contributed by atoms with Gasteiger partial charge in [0.1, 0.15) is 11.4 Å². The van der Waals surface area contributed by atoms with E-state index >= 15 is 0 Å². The molecule has 2 aromatic rings. The SMILES string of the molecule is N#CCN(C(=O)COC(=O)c1ccc(Cl)s1)c1ccccc1. The second-order valence-electron chi connectivity index (χ2n) is 4.15. The molecule has 0 saturated carbocycles. The van der Waals surface area contributed by atoms with E-state index in [1.807, 2.05) is 6.07 Å². The van der Waals surface area contributed by atoms with Crippen molar-refractivity contribution >= 4 is 40.5 Å². The fourth-order valence-electron chi connectivity index (χ4n) is 1.70. The van der Waals surface area contributed by atoms with Gasteiger partial charge in [0.05, 0.1) is 10.4 Å². The van der Waals surface area contributed by atoms with Crippen LogP contribution >= 0.6 is 22.9 Å². The number of thiophene rings is 1. The van der Waals surface area contributed by atoms with Gasteiger partial charge >= 0.3 is 5.97 Å². The van der Waals surface area contributed by atoms with Crippen LogP contribution in [0.2, 0.25) is 4.34 Å². The van der Waals surface area contributed by atoms with Crippen molar-refractivity contribution in [2.45, 2.75) is 0 Å². The Morgan fingerprint density at radius 3 is 2.55 bits per heavy atom. The Morgan fingerprint density at radius 1 is 1.23 bits per heavy atom. The fraction of sp³-hybridized carbons (Fsp3) is 0.133. The van der Waals surface area contributed by atoms with Gasteiger partial charge in [0.15, 0.2) is 6.61 Å². The summed E-state index contributed by atoms with van der Waals surface area (Å²) in [5, 5.41) is 8.84. The average Bonchev–Trinajstić information content (AvgIpc) is 2.97. The first-order chi connectivity index (χ1) is 10.6. The molecule has 7 heteroatoms. The number of ether oxygens (including phenoxy) is 1. The predicted octanol–water partition coefficient (Wildman–Crippen LogP) is 3.12. The van der Waals surface area contributed by atoms with Gasteiger partial charge < -0.3 is 4.74 Å². The van der Waals surface area contributed by atoms with E-state index in [1.54, 1.807) is 36.4 Å². The molecule has 0 radical (unpaired) electrons. The third-order valence-electron chi connectivity index (χ3n) is 2.70. The molecule has 0 aliphatic carbocycles. The number of hydrogen-bond donors (Lipinski definition) is 0. The third kappa shape index (κ3) is 4.07. The van der Waals surface area contributed by atoms with Crippen LogP contribution in [0, 0.1) is 11.3 Å². The Morgan fingerprint density at radius 2 is 1.95 bits per heavy atom. The lowest BCUT2D eigenvalue weighted by molar-refractivity contribution is -0.121. The van der Waals surface area contributed by atoms with E-state index in [1.165, 1.54) is 11.0 Å². The second kappa shape index (κ2) is 7.59. The maximum absolute atomic E-state index is 12.1. The van der Waals surface area contributed by atoms with Gasteiger partial charge in [-0.2, -0.15) is 5.26 Å². The Balaban J connectivity index is 2.00. The summed E-state index contributed by atoms with van der Waals surface area (Å²) in [6.45, 7) is -0.559. The fourth-order valence-corrected chi connectivity index (χ4v) is 2.64. The summed E-state index contributed by atoms with van der Waals surface area (Å²) < 4.78 is 5.43. The van der Waals surface area contributed by atoms with Crippen LogP contribution in [0.4, 0.5) is 5.69 Å². The highest BCUT2D eigenvalue weighted by molar-refractivity contribution is 7.17. The van der Waals surface area contributed by atoms with Crippen LogP contribution in [-0.4, -0.2) is 25.0 Å². The van der Waals surface area contributed by atoms with Crippen molar-refractivity contribution in [2.75, 3.05) is 18.1 Å². The maximum Gasteiger partial charge on any atom is 0.348 e. The Labute approximate surface area is 136 Å². The molecule has 5 nitrogen and oxygen atoms in total. The zero-order valence-electron chi connectivity index (χ0n) is 11.4. The summed E-state index contributed by atoms with van der Waals surface area (Å²) >= 11 is 6.81. The van der Waals surface area contributed by atoms with Gasteiger partial charge in [0.25, 0.3) is 5.91 Å². The van der Waals surface area contributed by atoms with E-state index in [-0.39, 0.29) is 6.54 Å². The first kappa shape index (κ1) is 16.0. The van der Waals surface area contributed by atoms with E-state index in [4.69, 9.17) is 21.6 Å². The minimum atomic E-state index is -0.616. The summed E-state index contributed by atoms with van der Waals surface area (Å²) in [4.78, 5) is 25.5. The topological polar surface area (TPSA) is 70.4 Å². The molecule has 22 heavy (non-hydrogen) atoms. The van der Waals surface area contributed by atoms with Gasteiger partial charge in [-0.25, -0.2) is 4.79 Å². The van der Waals surface area contributed by atoms with Crippen molar-refractivity contribution in [3.63, 3.8) is 0 Å². The summed E-state index contributed by atoms with van der Waals surface area (Å²) in [6.07, 6.45) is 0. The molecule has 1 aromatic carbocycles. The van der Waals surface area contributed by atoms with Gasteiger partial charge in [-0.05, 0) is 24.3 Å². The van der Waals surface area contributed by atoms with Crippen LogP contribution in [0.5, 0.6) is 0 Å².